The number of hydrogen-bond donors (Lipinski definition) is 1. The predicted octanol–water partition coefficient (Wildman–Crippen LogP) is 1.40. The molecule has 0 bridgehead atoms. The summed E-state index contributed by atoms with van der Waals surface area (Å²) in [6, 6.07) is 0.0510. The van der Waals surface area contributed by atoms with Crippen LogP contribution in [0.5, 0.6) is 0 Å². The van der Waals surface area contributed by atoms with Crippen molar-refractivity contribution in [2.24, 2.45) is 0 Å². The predicted molar refractivity (Wildman–Crippen MR) is 61.0 cm³/mol. The van der Waals surface area contributed by atoms with Gasteiger partial charge in [-0.15, -0.1) is 0 Å². The molecule has 0 aromatic carbocycles. The number of aryl methyl sites for hydroxylation is 1. The van der Waals surface area contributed by atoms with Gasteiger partial charge in [0.15, 0.2) is 5.82 Å². The van der Waals surface area contributed by atoms with E-state index in [1.165, 1.54) is 0 Å². The normalized spacial score (nSPS) is 13.3. The van der Waals surface area contributed by atoms with E-state index in [1.54, 1.807) is 0 Å². The van der Waals surface area contributed by atoms with E-state index in [1.807, 2.05) is 18.9 Å². The fourth-order valence-corrected chi connectivity index (χ4v) is 1.41. The van der Waals surface area contributed by atoms with Crippen molar-refractivity contribution < 1.29 is 9.63 Å². The average Bonchev–Trinajstić information content (AvgIpc) is 2.74. The van der Waals surface area contributed by atoms with E-state index in [2.05, 4.69) is 17.1 Å². The number of rotatable bonds is 7. The fraction of sp³-hybridized carbons (Fsp3) is 0.818. The number of nitrogens with zero attached hydrogens (tertiary/aromatic N) is 3. The SMILES string of the molecule is CCCCc1noc(C(C)N(C)CCO)n1. The third kappa shape index (κ3) is 3.57. The first-order chi connectivity index (χ1) is 7.69. The minimum atomic E-state index is 0.0510. The summed E-state index contributed by atoms with van der Waals surface area (Å²) in [5.41, 5.74) is 0. The molecule has 16 heavy (non-hydrogen) atoms. The lowest BCUT2D eigenvalue weighted by molar-refractivity contribution is 0.165. The summed E-state index contributed by atoms with van der Waals surface area (Å²) in [4.78, 5) is 6.33. The van der Waals surface area contributed by atoms with Crippen LogP contribution in [-0.2, 0) is 6.42 Å². The van der Waals surface area contributed by atoms with E-state index in [4.69, 9.17) is 9.63 Å². The van der Waals surface area contributed by atoms with Crippen molar-refractivity contribution in [3.05, 3.63) is 11.7 Å². The number of aromatic nitrogens is 2. The third-order valence-electron chi connectivity index (χ3n) is 2.71. The van der Waals surface area contributed by atoms with Crippen LogP contribution in [0.4, 0.5) is 0 Å². The van der Waals surface area contributed by atoms with Gasteiger partial charge in [-0.1, -0.05) is 18.5 Å². The van der Waals surface area contributed by atoms with Gasteiger partial charge in [-0.3, -0.25) is 4.90 Å². The molecule has 0 saturated heterocycles. The molecule has 0 amide bonds. The van der Waals surface area contributed by atoms with Crippen molar-refractivity contribution >= 4 is 0 Å². The van der Waals surface area contributed by atoms with Crippen molar-refractivity contribution in [3.63, 3.8) is 0 Å². The van der Waals surface area contributed by atoms with Gasteiger partial charge in [0.05, 0.1) is 12.6 Å². The molecule has 0 aliphatic rings. The zero-order valence-corrected chi connectivity index (χ0v) is 10.3. The molecule has 0 fully saturated rings. The lowest BCUT2D eigenvalue weighted by Gasteiger charge is -2.19. The molecule has 1 N–H and O–H groups in total. The minimum absolute atomic E-state index is 0.0510. The maximum absolute atomic E-state index is 8.85. The van der Waals surface area contributed by atoms with Crippen molar-refractivity contribution in [3.8, 4) is 0 Å². The molecule has 1 unspecified atom stereocenters. The monoisotopic (exact) mass is 227 g/mol. The van der Waals surface area contributed by atoms with Crippen LogP contribution < -0.4 is 0 Å². The van der Waals surface area contributed by atoms with E-state index in [-0.39, 0.29) is 12.6 Å². The summed E-state index contributed by atoms with van der Waals surface area (Å²) in [7, 11) is 1.93. The van der Waals surface area contributed by atoms with Crippen molar-refractivity contribution in [2.45, 2.75) is 39.2 Å². The van der Waals surface area contributed by atoms with Gasteiger partial charge >= 0.3 is 0 Å². The Balaban J connectivity index is 2.55. The van der Waals surface area contributed by atoms with Crippen LogP contribution >= 0.6 is 0 Å². The molecule has 1 aromatic heterocycles. The first kappa shape index (κ1) is 13.1. The first-order valence-corrected chi connectivity index (χ1v) is 5.82. The zero-order valence-electron chi connectivity index (χ0n) is 10.3. The van der Waals surface area contributed by atoms with Crippen LogP contribution in [0.15, 0.2) is 4.52 Å². The Labute approximate surface area is 96.5 Å². The van der Waals surface area contributed by atoms with Gasteiger partial charge in [-0.2, -0.15) is 4.98 Å². The number of unbranched alkanes of at least 4 members (excludes halogenated alkanes) is 1. The molecule has 0 aliphatic carbocycles. The molecule has 0 aliphatic heterocycles. The molecule has 0 spiro atoms. The number of likely N-dealkylation sites (N-methyl/N-ethyl adjacent to an activating group) is 1. The Bertz CT molecular complexity index is 301. The molecule has 1 aromatic rings. The van der Waals surface area contributed by atoms with Gasteiger partial charge < -0.3 is 9.63 Å². The van der Waals surface area contributed by atoms with Gasteiger partial charge in [-0.05, 0) is 20.4 Å². The highest BCUT2D eigenvalue weighted by Crippen LogP contribution is 2.16. The van der Waals surface area contributed by atoms with E-state index >= 15 is 0 Å². The van der Waals surface area contributed by atoms with E-state index in [0.29, 0.717) is 12.4 Å². The smallest absolute Gasteiger partial charge is 0.243 e. The maximum atomic E-state index is 8.85. The molecular formula is C11H21N3O2. The summed E-state index contributed by atoms with van der Waals surface area (Å²) in [6.07, 6.45) is 3.08. The molecule has 92 valence electrons. The Morgan fingerprint density at radius 1 is 1.50 bits per heavy atom. The van der Waals surface area contributed by atoms with Crippen molar-refractivity contribution in [2.75, 3.05) is 20.2 Å². The van der Waals surface area contributed by atoms with Gasteiger partial charge in [0.25, 0.3) is 0 Å². The molecule has 0 radical (unpaired) electrons. The standard InChI is InChI=1S/C11H21N3O2/c1-4-5-6-10-12-11(16-13-10)9(2)14(3)7-8-15/h9,15H,4-8H2,1-3H3. The highest BCUT2D eigenvalue weighted by Gasteiger charge is 2.17. The highest BCUT2D eigenvalue weighted by atomic mass is 16.5. The fourth-order valence-electron chi connectivity index (χ4n) is 1.41. The Morgan fingerprint density at radius 2 is 2.25 bits per heavy atom. The van der Waals surface area contributed by atoms with Gasteiger partial charge in [0, 0.05) is 13.0 Å². The molecular weight excluding hydrogens is 206 g/mol. The van der Waals surface area contributed by atoms with Crippen LogP contribution in [0, 0.1) is 0 Å². The second-order valence-electron chi connectivity index (χ2n) is 4.03. The van der Waals surface area contributed by atoms with Gasteiger partial charge in [0.2, 0.25) is 5.89 Å². The lowest BCUT2D eigenvalue weighted by Crippen LogP contribution is -2.25. The summed E-state index contributed by atoms with van der Waals surface area (Å²) in [6.45, 7) is 4.87. The summed E-state index contributed by atoms with van der Waals surface area (Å²) in [5, 5.41) is 12.8. The second kappa shape index (κ2) is 6.60. The summed E-state index contributed by atoms with van der Waals surface area (Å²) < 4.78 is 5.21. The quantitative estimate of drug-likeness (QED) is 0.762. The molecule has 5 heteroatoms. The highest BCUT2D eigenvalue weighted by molar-refractivity contribution is 4.91. The molecule has 0 saturated carbocycles. The molecule has 1 heterocycles. The Kier molecular flexibility index (Phi) is 5.42. The van der Waals surface area contributed by atoms with E-state index in [0.717, 1.165) is 25.1 Å². The van der Waals surface area contributed by atoms with Crippen LogP contribution in [0.2, 0.25) is 0 Å². The average molecular weight is 227 g/mol. The van der Waals surface area contributed by atoms with Crippen LogP contribution in [-0.4, -0.2) is 40.3 Å². The van der Waals surface area contributed by atoms with Crippen LogP contribution in [0.3, 0.4) is 0 Å². The van der Waals surface area contributed by atoms with Gasteiger partial charge in [-0.25, -0.2) is 0 Å². The van der Waals surface area contributed by atoms with Gasteiger partial charge in [0.1, 0.15) is 0 Å². The van der Waals surface area contributed by atoms with E-state index in [9.17, 15) is 0 Å². The van der Waals surface area contributed by atoms with Crippen LogP contribution in [0.1, 0.15) is 44.4 Å². The number of hydrogen-bond acceptors (Lipinski definition) is 5. The Morgan fingerprint density at radius 3 is 2.88 bits per heavy atom. The minimum Gasteiger partial charge on any atom is -0.395 e. The largest absolute Gasteiger partial charge is 0.395 e. The maximum Gasteiger partial charge on any atom is 0.243 e. The molecule has 1 rings (SSSR count). The summed E-state index contributed by atoms with van der Waals surface area (Å²) in [5.74, 6) is 1.41. The van der Waals surface area contributed by atoms with E-state index < -0.39 is 0 Å². The van der Waals surface area contributed by atoms with Crippen molar-refractivity contribution in [1.82, 2.24) is 15.0 Å². The topological polar surface area (TPSA) is 62.4 Å². The molecule has 5 nitrogen and oxygen atoms in total. The zero-order chi connectivity index (χ0) is 12.0. The molecule has 1 atom stereocenters. The Hall–Kier alpha value is -0.940. The third-order valence-corrected chi connectivity index (χ3v) is 2.71. The number of aliphatic hydroxyl groups is 1. The summed E-state index contributed by atoms with van der Waals surface area (Å²) >= 11 is 0. The lowest BCUT2D eigenvalue weighted by atomic mass is 10.2. The van der Waals surface area contributed by atoms with Crippen molar-refractivity contribution in [1.29, 1.82) is 0 Å². The second-order valence-corrected chi connectivity index (χ2v) is 4.03. The number of aliphatic hydroxyl groups excluding tert-OH is 1. The first-order valence-electron chi connectivity index (χ1n) is 5.82. The van der Waals surface area contributed by atoms with Crippen LogP contribution in [0.25, 0.3) is 0 Å².